The SMILES string of the molecule is Cc1cnc(N)cc1-c1c[nH]c(C(=O)O)c1.FC1COCCS1. The Morgan fingerprint density at radius 3 is 2.87 bits per heavy atom. The van der Waals surface area contributed by atoms with Crippen LogP contribution in [0.25, 0.3) is 11.1 Å². The third kappa shape index (κ3) is 4.97. The Balaban J connectivity index is 0.000000229. The number of hydrogen-bond acceptors (Lipinski definition) is 5. The number of thioether (sulfide) groups is 1. The fourth-order valence-electron chi connectivity index (χ4n) is 1.98. The molecule has 3 heterocycles. The summed E-state index contributed by atoms with van der Waals surface area (Å²) in [6.07, 6.45) is 3.31. The predicted molar refractivity (Wildman–Crippen MR) is 88.3 cm³/mol. The summed E-state index contributed by atoms with van der Waals surface area (Å²) in [7, 11) is 0. The summed E-state index contributed by atoms with van der Waals surface area (Å²) >= 11 is 1.33. The lowest BCUT2D eigenvalue weighted by Crippen LogP contribution is -2.15. The zero-order valence-electron chi connectivity index (χ0n) is 12.6. The van der Waals surface area contributed by atoms with E-state index in [1.165, 1.54) is 11.8 Å². The molecular weight excluding hydrogens is 321 g/mol. The van der Waals surface area contributed by atoms with Gasteiger partial charge in [-0.05, 0) is 30.2 Å². The molecule has 1 unspecified atom stereocenters. The lowest BCUT2D eigenvalue weighted by atomic mass is 10.1. The molecule has 1 atom stereocenters. The Morgan fingerprint density at radius 2 is 2.35 bits per heavy atom. The maximum absolute atomic E-state index is 12.0. The number of carboxylic acid groups (broad SMARTS) is 1. The Kier molecular flexibility index (Phi) is 6.00. The van der Waals surface area contributed by atoms with Gasteiger partial charge in [0, 0.05) is 23.7 Å². The molecule has 0 spiro atoms. The normalized spacial score (nSPS) is 17.2. The quantitative estimate of drug-likeness (QED) is 0.778. The second-order valence-corrected chi connectivity index (χ2v) is 6.14. The number of aromatic carboxylic acids is 1. The number of aromatic nitrogens is 2. The molecule has 0 aliphatic carbocycles. The fourth-order valence-corrected chi connectivity index (χ4v) is 2.65. The number of nitrogens with one attached hydrogen (secondary N) is 1. The van der Waals surface area contributed by atoms with Crippen LogP contribution in [-0.2, 0) is 4.74 Å². The number of carboxylic acids is 1. The van der Waals surface area contributed by atoms with E-state index in [1.54, 1.807) is 24.5 Å². The van der Waals surface area contributed by atoms with Gasteiger partial charge in [-0.3, -0.25) is 0 Å². The van der Waals surface area contributed by atoms with Crippen molar-refractivity contribution in [1.29, 1.82) is 0 Å². The van der Waals surface area contributed by atoms with Gasteiger partial charge in [0.25, 0.3) is 0 Å². The van der Waals surface area contributed by atoms with Gasteiger partial charge in [0.05, 0.1) is 13.2 Å². The highest BCUT2D eigenvalue weighted by Crippen LogP contribution is 2.24. The van der Waals surface area contributed by atoms with Gasteiger partial charge >= 0.3 is 5.97 Å². The number of nitrogen functional groups attached to an aromatic ring is 1. The molecule has 1 saturated heterocycles. The minimum absolute atomic E-state index is 0.157. The predicted octanol–water partition coefficient (Wildman–Crippen LogP) is 2.71. The summed E-state index contributed by atoms with van der Waals surface area (Å²) in [6.45, 7) is 2.89. The fraction of sp³-hybridized carbons (Fsp3) is 0.333. The van der Waals surface area contributed by atoms with Gasteiger partial charge in [0.15, 0.2) is 5.50 Å². The summed E-state index contributed by atoms with van der Waals surface area (Å²) in [4.78, 5) is 17.4. The van der Waals surface area contributed by atoms with Crippen molar-refractivity contribution in [1.82, 2.24) is 9.97 Å². The van der Waals surface area contributed by atoms with E-state index in [-0.39, 0.29) is 12.3 Å². The zero-order valence-corrected chi connectivity index (χ0v) is 13.4. The first kappa shape index (κ1) is 17.3. The van der Waals surface area contributed by atoms with Crippen molar-refractivity contribution in [2.75, 3.05) is 24.7 Å². The van der Waals surface area contributed by atoms with Gasteiger partial charge in [-0.1, -0.05) is 0 Å². The topological polar surface area (TPSA) is 101 Å². The summed E-state index contributed by atoms with van der Waals surface area (Å²) < 4.78 is 16.8. The summed E-state index contributed by atoms with van der Waals surface area (Å²) in [6, 6.07) is 3.30. The molecule has 2 aromatic rings. The van der Waals surface area contributed by atoms with E-state index in [9.17, 15) is 9.18 Å². The van der Waals surface area contributed by atoms with Crippen molar-refractivity contribution < 1.29 is 19.0 Å². The zero-order chi connectivity index (χ0) is 16.8. The lowest BCUT2D eigenvalue weighted by molar-refractivity contribution is 0.0691. The average molecular weight is 339 g/mol. The molecule has 1 aliphatic rings. The van der Waals surface area contributed by atoms with E-state index >= 15 is 0 Å². The van der Waals surface area contributed by atoms with Crippen molar-refractivity contribution in [3.63, 3.8) is 0 Å². The molecule has 0 saturated carbocycles. The average Bonchev–Trinajstić information content (AvgIpc) is 3.01. The number of aryl methyl sites for hydroxylation is 1. The van der Waals surface area contributed by atoms with Gasteiger partial charge < -0.3 is 20.6 Å². The van der Waals surface area contributed by atoms with Crippen LogP contribution in [0.4, 0.5) is 10.2 Å². The van der Waals surface area contributed by atoms with E-state index in [0.717, 1.165) is 22.4 Å². The number of nitrogens with two attached hydrogens (primary N) is 1. The van der Waals surface area contributed by atoms with Gasteiger partial charge in [-0.15, -0.1) is 11.8 Å². The molecular formula is C15H18FN3O3S. The first-order valence-corrected chi connectivity index (χ1v) is 8.00. The van der Waals surface area contributed by atoms with Crippen LogP contribution in [0, 0.1) is 6.92 Å². The minimum atomic E-state index is -0.981. The second-order valence-electron chi connectivity index (χ2n) is 4.89. The minimum Gasteiger partial charge on any atom is -0.477 e. The van der Waals surface area contributed by atoms with Crippen LogP contribution in [0.2, 0.25) is 0 Å². The number of aromatic amines is 1. The van der Waals surface area contributed by atoms with Crippen molar-refractivity contribution in [2.24, 2.45) is 0 Å². The molecule has 1 fully saturated rings. The number of pyridine rings is 1. The number of alkyl halides is 1. The van der Waals surface area contributed by atoms with Crippen LogP contribution in [0.3, 0.4) is 0 Å². The molecule has 0 bridgehead atoms. The van der Waals surface area contributed by atoms with Crippen molar-refractivity contribution in [3.05, 3.63) is 35.8 Å². The molecule has 3 rings (SSSR count). The molecule has 8 heteroatoms. The number of H-pyrrole nitrogens is 1. The molecule has 6 nitrogen and oxygen atoms in total. The second kappa shape index (κ2) is 7.98. The monoisotopic (exact) mass is 339 g/mol. The Bertz CT molecular complexity index is 672. The van der Waals surface area contributed by atoms with E-state index < -0.39 is 11.5 Å². The highest BCUT2D eigenvalue weighted by atomic mass is 32.2. The summed E-state index contributed by atoms with van der Waals surface area (Å²) in [5.74, 6) is 0.242. The maximum atomic E-state index is 12.0. The molecule has 0 aromatic carbocycles. The van der Waals surface area contributed by atoms with Crippen molar-refractivity contribution in [3.8, 4) is 11.1 Å². The van der Waals surface area contributed by atoms with Crippen LogP contribution in [-0.4, -0.2) is 45.5 Å². The largest absolute Gasteiger partial charge is 0.477 e. The first-order chi connectivity index (χ1) is 11.0. The van der Waals surface area contributed by atoms with E-state index in [0.29, 0.717) is 12.4 Å². The Labute approximate surface area is 137 Å². The van der Waals surface area contributed by atoms with Gasteiger partial charge in [0.2, 0.25) is 0 Å². The maximum Gasteiger partial charge on any atom is 0.352 e. The van der Waals surface area contributed by atoms with Crippen LogP contribution >= 0.6 is 11.8 Å². The molecule has 0 amide bonds. The Hall–Kier alpha value is -2.06. The summed E-state index contributed by atoms with van der Waals surface area (Å²) in [5, 5.41) is 8.80. The highest BCUT2D eigenvalue weighted by Gasteiger charge is 2.11. The molecule has 2 aromatic heterocycles. The number of nitrogens with zero attached hydrogens (tertiary/aromatic N) is 1. The van der Waals surface area contributed by atoms with Gasteiger partial charge in [-0.25, -0.2) is 14.2 Å². The van der Waals surface area contributed by atoms with Gasteiger partial charge in [0.1, 0.15) is 11.5 Å². The summed E-state index contributed by atoms with van der Waals surface area (Å²) in [5.41, 5.74) is 7.61. The van der Waals surface area contributed by atoms with Crippen molar-refractivity contribution in [2.45, 2.75) is 12.4 Å². The lowest BCUT2D eigenvalue weighted by Gasteiger charge is -2.13. The standard InChI is InChI=1S/C11H11N3O2.C4H7FOS/c1-6-4-14-10(12)3-8(6)7-2-9(11(15)16)13-5-7;5-4-3-6-1-2-7-4/h2-5,13H,1H3,(H2,12,14)(H,15,16);4H,1-3H2. The van der Waals surface area contributed by atoms with Gasteiger partial charge in [-0.2, -0.15) is 0 Å². The molecule has 23 heavy (non-hydrogen) atoms. The molecule has 0 radical (unpaired) electrons. The first-order valence-electron chi connectivity index (χ1n) is 6.95. The van der Waals surface area contributed by atoms with E-state index in [2.05, 4.69) is 9.97 Å². The number of carbonyl (C=O) groups is 1. The smallest absolute Gasteiger partial charge is 0.352 e. The molecule has 124 valence electrons. The van der Waals surface area contributed by atoms with Crippen molar-refractivity contribution >= 4 is 23.5 Å². The number of anilines is 1. The van der Waals surface area contributed by atoms with Crippen LogP contribution < -0.4 is 5.73 Å². The van der Waals surface area contributed by atoms with Crippen LogP contribution in [0.15, 0.2) is 24.5 Å². The number of ether oxygens (including phenoxy) is 1. The third-order valence-electron chi connectivity index (χ3n) is 3.12. The van der Waals surface area contributed by atoms with Crippen LogP contribution in [0.5, 0.6) is 0 Å². The number of rotatable bonds is 2. The Morgan fingerprint density at radius 1 is 1.57 bits per heavy atom. The van der Waals surface area contributed by atoms with E-state index in [1.807, 2.05) is 6.92 Å². The van der Waals surface area contributed by atoms with Crippen LogP contribution in [0.1, 0.15) is 16.1 Å². The van der Waals surface area contributed by atoms with E-state index in [4.69, 9.17) is 15.6 Å². The molecule has 4 N–H and O–H groups in total. The number of halogens is 1. The third-order valence-corrected chi connectivity index (χ3v) is 4.02. The number of hydrogen-bond donors (Lipinski definition) is 3. The molecule has 1 aliphatic heterocycles. The highest BCUT2D eigenvalue weighted by molar-refractivity contribution is 7.99.